The third-order valence-electron chi connectivity index (χ3n) is 1.66. The van der Waals surface area contributed by atoms with Crippen LogP contribution in [0, 0.1) is 0 Å². The molecule has 1 fully saturated rings. The first-order valence-corrected chi connectivity index (χ1v) is 3.32. The van der Waals surface area contributed by atoms with Crippen molar-refractivity contribution in [3.05, 3.63) is 0 Å². The van der Waals surface area contributed by atoms with Crippen LogP contribution >= 0.6 is 0 Å². The van der Waals surface area contributed by atoms with Crippen molar-refractivity contribution in [3.8, 4) is 0 Å². The number of amides is 1. The number of methoxy groups -OCH3 is 1. The fourth-order valence-corrected chi connectivity index (χ4v) is 1.08. The summed E-state index contributed by atoms with van der Waals surface area (Å²) >= 11 is 0. The van der Waals surface area contributed by atoms with E-state index in [2.05, 4.69) is 4.74 Å². The van der Waals surface area contributed by atoms with Crippen LogP contribution in [0.5, 0.6) is 0 Å². The molecule has 3 nitrogen and oxygen atoms in total. The molecule has 1 saturated heterocycles. The minimum atomic E-state index is -0.270. The van der Waals surface area contributed by atoms with E-state index in [-0.39, 0.29) is 11.9 Å². The molecule has 1 heterocycles. The van der Waals surface area contributed by atoms with Gasteiger partial charge in [-0.3, -0.25) is 0 Å². The lowest BCUT2D eigenvalue weighted by Gasteiger charge is -2.12. The van der Waals surface area contributed by atoms with Crippen molar-refractivity contribution < 1.29 is 9.53 Å². The minimum Gasteiger partial charge on any atom is -0.453 e. The van der Waals surface area contributed by atoms with Crippen molar-refractivity contribution in [2.75, 3.05) is 20.2 Å². The highest BCUT2D eigenvalue weighted by atomic mass is 16.5. The summed E-state index contributed by atoms with van der Waals surface area (Å²) in [6, 6.07) is 0. The molecule has 0 N–H and O–H groups in total. The molecule has 1 aliphatic rings. The van der Waals surface area contributed by atoms with Crippen LogP contribution in [-0.4, -0.2) is 39.0 Å². The quantitative estimate of drug-likeness (QED) is 0.455. The molecule has 0 bridgehead atoms. The fourth-order valence-electron chi connectivity index (χ4n) is 1.08. The highest BCUT2D eigenvalue weighted by Gasteiger charge is 2.22. The number of hydrogen-bond acceptors (Lipinski definition) is 2. The fraction of sp³-hybridized carbons (Fsp3) is 0.833. The van der Waals surface area contributed by atoms with E-state index >= 15 is 0 Å². The first-order chi connectivity index (χ1) is 4.74. The third-order valence-corrected chi connectivity index (χ3v) is 1.66. The van der Waals surface area contributed by atoms with Crippen LogP contribution in [0.25, 0.3) is 0 Å². The molecule has 10 heavy (non-hydrogen) atoms. The summed E-state index contributed by atoms with van der Waals surface area (Å²) in [6.07, 6.45) is 0.614. The number of carbonyl (C=O) groups is 1. The smallest absolute Gasteiger partial charge is 0.409 e. The number of nitrogens with zero attached hydrogens (tertiary/aromatic N) is 1. The molecule has 0 aromatic rings. The molecular formula is C6H10BNO2. The summed E-state index contributed by atoms with van der Waals surface area (Å²) in [5, 5.41) is 0. The zero-order chi connectivity index (χ0) is 7.56. The Kier molecular flexibility index (Phi) is 2.19. The van der Waals surface area contributed by atoms with Crippen molar-refractivity contribution in [2.24, 2.45) is 0 Å². The average molecular weight is 139 g/mol. The van der Waals surface area contributed by atoms with Gasteiger partial charge in [0, 0.05) is 13.1 Å². The Morgan fingerprint density at radius 1 is 1.80 bits per heavy atom. The first-order valence-electron chi connectivity index (χ1n) is 3.32. The second-order valence-electron chi connectivity index (χ2n) is 2.46. The van der Waals surface area contributed by atoms with Crippen molar-refractivity contribution in [1.29, 1.82) is 0 Å². The van der Waals surface area contributed by atoms with E-state index in [0.29, 0.717) is 6.54 Å². The summed E-state index contributed by atoms with van der Waals surface area (Å²) in [4.78, 5) is 12.4. The van der Waals surface area contributed by atoms with Crippen LogP contribution in [0.3, 0.4) is 0 Å². The van der Waals surface area contributed by atoms with Gasteiger partial charge in [0.05, 0.1) is 15.0 Å². The predicted molar refractivity (Wildman–Crippen MR) is 38.1 cm³/mol. The van der Waals surface area contributed by atoms with Gasteiger partial charge in [-0.2, -0.15) is 0 Å². The molecule has 1 aliphatic heterocycles. The van der Waals surface area contributed by atoms with Gasteiger partial charge >= 0.3 is 6.09 Å². The number of carbonyl (C=O) groups excluding carboxylic acids is 1. The van der Waals surface area contributed by atoms with Gasteiger partial charge in [0.1, 0.15) is 0 Å². The summed E-state index contributed by atoms with van der Waals surface area (Å²) in [5.74, 6) is 0.138. The van der Waals surface area contributed by atoms with Gasteiger partial charge in [0.15, 0.2) is 0 Å². The van der Waals surface area contributed by atoms with E-state index in [1.165, 1.54) is 7.11 Å². The minimum absolute atomic E-state index is 0.138. The summed E-state index contributed by atoms with van der Waals surface area (Å²) in [7, 11) is 6.95. The van der Waals surface area contributed by atoms with Crippen LogP contribution in [0.1, 0.15) is 6.42 Å². The Bertz CT molecular complexity index is 140. The van der Waals surface area contributed by atoms with Crippen LogP contribution < -0.4 is 0 Å². The first kappa shape index (κ1) is 7.44. The van der Waals surface area contributed by atoms with E-state index in [4.69, 9.17) is 7.85 Å². The largest absolute Gasteiger partial charge is 0.453 e. The number of rotatable bonds is 0. The maximum absolute atomic E-state index is 10.8. The van der Waals surface area contributed by atoms with Gasteiger partial charge in [-0.25, -0.2) is 4.79 Å². The van der Waals surface area contributed by atoms with Crippen molar-refractivity contribution in [1.82, 2.24) is 4.90 Å². The summed E-state index contributed by atoms with van der Waals surface area (Å²) in [6.45, 7) is 1.36. The lowest BCUT2D eigenvalue weighted by Crippen LogP contribution is -2.27. The van der Waals surface area contributed by atoms with Crippen LogP contribution in [0.2, 0.25) is 5.82 Å². The van der Waals surface area contributed by atoms with Gasteiger partial charge in [-0.15, -0.1) is 0 Å². The molecule has 0 aromatic heterocycles. The molecule has 2 radical (unpaired) electrons. The Hall–Kier alpha value is -0.665. The molecular weight excluding hydrogens is 129 g/mol. The van der Waals surface area contributed by atoms with Crippen LogP contribution in [0.15, 0.2) is 0 Å². The van der Waals surface area contributed by atoms with Crippen LogP contribution in [0.4, 0.5) is 4.79 Å². The molecule has 1 atom stereocenters. The maximum atomic E-state index is 10.8. The third kappa shape index (κ3) is 1.43. The van der Waals surface area contributed by atoms with E-state index in [1.807, 2.05) is 0 Å². The molecule has 4 heteroatoms. The monoisotopic (exact) mass is 139 g/mol. The van der Waals surface area contributed by atoms with E-state index in [1.54, 1.807) is 4.90 Å². The van der Waals surface area contributed by atoms with Crippen molar-refractivity contribution in [3.63, 3.8) is 0 Å². The highest BCUT2D eigenvalue weighted by Crippen LogP contribution is 2.17. The summed E-state index contributed by atoms with van der Waals surface area (Å²) < 4.78 is 4.51. The van der Waals surface area contributed by atoms with Gasteiger partial charge in [0.2, 0.25) is 0 Å². The van der Waals surface area contributed by atoms with Crippen molar-refractivity contribution >= 4 is 13.9 Å². The maximum Gasteiger partial charge on any atom is 0.409 e. The van der Waals surface area contributed by atoms with Gasteiger partial charge in [-0.05, 0) is 6.42 Å². The van der Waals surface area contributed by atoms with Gasteiger partial charge in [0.25, 0.3) is 0 Å². The zero-order valence-electron chi connectivity index (χ0n) is 6.04. The van der Waals surface area contributed by atoms with E-state index in [0.717, 1.165) is 13.0 Å². The average Bonchev–Trinajstić information content (AvgIpc) is 2.34. The van der Waals surface area contributed by atoms with E-state index in [9.17, 15) is 4.79 Å². The molecule has 1 amide bonds. The SMILES string of the molecule is [B]C1CCN(C(=O)OC)C1. The van der Waals surface area contributed by atoms with Gasteiger partial charge < -0.3 is 9.64 Å². The Morgan fingerprint density at radius 2 is 2.50 bits per heavy atom. The van der Waals surface area contributed by atoms with Gasteiger partial charge in [-0.1, -0.05) is 5.82 Å². The normalized spacial score (nSPS) is 24.9. The molecule has 0 spiro atoms. The molecule has 0 aromatic carbocycles. The lowest BCUT2D eigenvalue weighted by molar-refractivity contribution is 0.133. The summed E-state index contributed by atoms with van der Waals surface area (Å²) in [5.41, 5.74) is 0. The Morgan fingerprint density at radius 3 is 2.90 bits per heavy atom. The second-order valence-corrected chi connectivity index (χ2v) is 2.46. The lowest BCUT2D eigenvalue weighted by atomic mass is 9.87. The second kappa shape index (κ2) is 2.95. The Labute approximate surface area is 61.7 Å². The number of hydrogen-bond donors (Lipinski definition) is 0. The van der Waals surface area contributed by atoms with Crippen molar-refractivity contribution in [2.45, 2.75) is 12.2 Å². The van der Waals surface area contributed by atoms with Crippen LogP contribution in [-0.2, 0) is 4.74 Å². The topological polar surface area (TPSA) is 29.5 Å². The zero-order valence-corrected chi connectivity index (χ0v) is 6.04. The number of ether oxygens (including phenoxy) is 1. The molecule has 0 saturated carbocycles. The molecule has 0 aliphatic carbocycles. The molecule has 54 valence electrons. The predicted octanol–water partition coefficient (Wildman–Crippen LogP) is 0.415. The van der Waals surface area contributed by atoms with E-state index < -0.39 is 0 Å². The molecule has 1 unspecified atom stereocenters. The Balaban J connectivity index is 2.37. The highest BCUT2D eigenvalue weighted by molar-refractivity contribution is 6.12. The standard InChI is InChI=1S/C6H10BNO2/c1-10-6(9)8-3-2-5(7)4-8/h5H,2-4H2,1H3. The number of likely N-dealkylation sites (tertiary alicyclic amines) is 1. The molecule has 1 rings (SSSR count).